The summed E-state index contributed by atoms with van der Waals surface area (Å²) in [6, 6.07) is 32.3. The lowest BCUT2D eigenvalue weighted by Gasteiger charge is -2.28. The highest BCUT2D eigenvalue weighted by Crippen LogP contribution is 2.42. The zero-order valence-electron chi connectivity index (χ0n) is 17.7. The van der Waals surface area contributed by atoms with Gasteiger partial charge in [-0.15, -0.1) is 11.3 Å². The molecule has 1 N–H and O–H groups in total. The number of rotatable bonds is 4. The number of hydrogen-bond acceptors (Lipinski definition) is 2. The molecule has 1 unspecified atom stereocenters. The van der Waals surface area contributed by atoms with E-state index >= 15 is 0 Å². The van der Waals surface area contributed by atoms with E-state index in [-0.39, 0.29) is 0 Å². The average molecular weight is 421 g/mol. The fraction of sp³-hybridized carbons (Fsp3) is 0.103. The Kier molecular flexibility index (Phi) is 6.18. The average Bonchev–Trinajstić information content (AvgIpc) is 3.35. The van der Waals surface area contributed by atoms with Crippen molar-refractivity contribution in [3.63, 3.8) is 0 Å². The molecular weight excluding hydrogens is 396 g/mol. The van der Waals surface area contributed by atoms with Gasteiger partial charge in [0, 0.05) is 21.6 Å². The van der Waals surface area contributed by atoms with Crippen LogP contribution in [0.2, 0.25) is 0 Å². The van der Waals surface area contributed by atoms with Gasteiger partial charge in [-0.1, -0.05) is 96.3 Å². The summed E-state index contributed by atoms with van der Waals surface area (Å²) in [6.45, 7) is 3.93. The summed E-state index contributed by atoms with van der Waals surface area (Å²) < 4.78 is 0. The molecule has 1 nitrogen and oxygen atoms in total. The van der Waals surface area contributed by atoms with E-state index in [1.165, 1.54) is 5.56 Å². The molecule has 0 fully saturated rings. The Hall–Kier alpha value is -3.38. The van der Waals surface area contributed by atoms with E-state index in [9.17, 15) is 5.11 Å². The minimum Gasteiger partial charge on any atom is -0.380 e. The van der Waals surface area contributed by atoms with Crippen LogP contribution in [0.1, 0.15) is 34.1 Å². The first-order valence-corrected chi connectivity index (χ1v) is 11.1. The lowest BCUT2D eigenvalue weighted by molar-refractivity contribution is 0.127. The molecule has 4 aromatic rings. The maximum atomic E-state index is 11.8. The Bertz CT molecular complexity index is 1220. The van der Waals surface area contributed by atoms with Crippen molar-refractivity contribution >= 4 is 22.5 Å². The highest BCUT2D eigenvalue weighted by Gasteiger charge is 2.33. The largest absolute Gasteiger partial charge is 0.380 e. The van der Waals surface area contributed by atoms with Gasteiger partial charge in [0.2, 0.25) is 0 Å². The quantitative estimate of drug-likeness (QED) is 0.280. The van der Waals surface area contributed by atoms with Gasteiger partial charge in [0.05, 0.1) is 0 Å². The van der Waals surface area contributed by atoms with Crippen molar-refractivity contribution in [3.05, 3.63) is 130 Å². The topological polar surface area (TPSA) is 20.2 Å². The Morgan fingerprint density at radius 1 is 0.774 bits per heavy atom. The highest BCUT2D eigenvalue weighted by atomic mass is 32.1. The normalized spacial score (nSPS) is 13.5. The molecule has 0 saturated heterocycles. The van der Waals surface area contributed by atoms with E-state index in [0.29, 0.717) is 0 Å². The molecule has 0 aliphatic heterocycles. The molecule has 0 aliphatic carbocycles. The molecule has 1 atom stereocenters. The zero-order chi connectivity index (χ0) is 21.7. The maximum absolute atomic E-state index is 11.8. The van der Waals surface area contributed by atoms with Gasteiger partial charge in [-0.2, -0.15) is 0 Å². The van der Waals surface area contributed by atoms with E-state index in [4.69, 9.17) is 0 Å². The van der Waals surface area contributed by atoms with Gasteiger partial charge in [0.25, 0.3) is 0 Å². The minimum atomic E-state index is -1.19. The second kappa shape index (κ2) is 9.18. The van der Waals surface area contributed by atoms with Crippen molar-refractivity contribution < 1.29 is 5.11 Å². The summed E-state index contributed by atoms with van der Waals surface area (Å²) in [5.74, 6) is 6.74. The molecular formula is C29H24OS. The van der Waals surface area contributed by atoms with Crippen LogP contribution in [-0.4, -0.2) is 5.11 Å². The van der Waals surface area contributed by atoms with E-state index in [2.05, 4.69) is 30.9 Å². The molecule has 0 amide bonds. The zero-order valence-corrected chi connectivity index (χ0v) is 18.5. The van der Waals surface area contributed by atoms with Crippen LogP contribution in [0, 0.1) is 18.8 Å². The van der Waals surface area contributed by atoms with Gasteiger partial charge in [-0.3, -0.25) is 0 Å². The van der Waals surface area contributed by atoms with Gasteiger partial charge in [0.15, 0.2) is 0 Å². The molecule has 3 aromatic carbocycles. The smallest absolute Gasteiger partial charge is 0.123 e. The summed E-state index contributed by atoms with van der Waals surface area (Å²) in [5.41, 5.74) is 4.53. The molecule has 31 heavy (non-hydrogen) atoms. The molecule has 0 aliphatic rings. The third kappa shape index (κ3) is 4.70. The Balaban J connectivity index is 2.00. The Morgan fingerprint density at radius 3 is 1.97 bits per heavy atom. The monoisotopic (exact) mass is 420 g/mol. The van der Waals surface area contributed by atoms with Crippen LogP contribution >= 0.6 is 11.3 Å². The third-order valence-electron chi connectivity index (χ3n) is 5.25. The SMILES string of the molecule is Cc1ccc(C#C/C(=C(/c2ccccc2)C(C)(O)c2cccs2)c2ccccc2)cc1. The summed E-state index contributed by atoms with van der Waals surface area (Å²) in [6.07, 6.45) is 0. The number of allylic oxidation sites excluding steroid dienone is 1. The summed E-state index contributed by atoms with van der Waals surface area (Å²) in [4.78, 5) is 0.886. The van der Waals surface area contributed by atoms with Gasteiger partial charge in [-0.05, 0) is 48.6 Å². The predicted octanol–water partition coefficient (Wildman–Crippen LogP) is 6.93. The summed E-state index contributed by atoms with van der Waals surface area (Å²) >= 11 is 1.55. The molecule has 1 aromatic heterocycles. The van der Waals surface area contributed by atoms with E-state index in [0.717, 1.165) is 32.7 Å². The lowest BCUT2D eigenvalue weighted by atomic mass is 9.82. The molecule has 0 radical (unpaired) electrons. The van der Waals surface area contributed by atoms with Crippen molar-refractivity contribution in [2.45, 2.75) is 19.4 Å². The lowest BCUT2D eigenvalue weighted by Crippen LogP contribution is -2.23. The Morgan fingerprint density at radius 2 is 1.39 bits per heavy atom. The van der Waals surface area contributed by atoms with Crippen LogP contribution in [0.25, 0.3) is 11.1 Å². The third-order valence-corrected chi connectivity index (χ3v) is 6.33. The van der Waals surface area contributed by atoms with Crippen LogP contribution in [0.3, 0.4) is 0 Å². The standard InChI is InChI=1S/C29H24OS/c1-22-15-17-23(18-16-22)19-20-26(24-10-5-3-6-11-24)28(25-12-7-4-8-13-25)29(2,30)27-14-9-21-31-27/h3-18,21,30H,1-2H3/b28-26+. The number of aryl methyl sites for hydroxylation is 1. The van der Waals surface area contributed by atoms with Crippen molar-refractivity contribution in [3.8, 4) is 11.8 Å². The van der Waals surface area contributed by atoms with E-state index < -0.39 is 5.60 Å². The molecule has 4 rings (SSSR count). The van der Waals surface area contributed by atoms with Crippen LogP contribution < -0.4 is 0 Å². The maximum Gasteiger partial charge on any atom is 0.123 e. The first-order chi connectivity index (χ1) is 15.1. The van der Waals surface area contributed by atoms with Crippen molar-refractivity contribution in [2.24, 2.45) is 0 Å². The Labute approximate surface area is 188 Å². The molecule has 2 heteroatoms. The van der Waals surface area contributed by atoms with Crippen LogP contribution in [0.4, 0.5) is 0 Å². The second-order valence-corrected chi connectivity index (χ2v) is 8.60. The fourth-order valence-corrected chi connectivity index (χ4v) is 4.40. The minimum absolute atomic E-state index is 0.807. The first-order valence-electron chi connectivity index (χ1n) is 10.3. The summed E-state index contributed by atoms with van der Waals surface area (Å²) in [7, 11) is 0. The number of benzene rings is 3. The second-order valence-electron chi connectivity index (χ2n) is 7.65. The molecule has 0 bridgehead atoms. The van der Waals surface area contributed by atoms with Crippen molar-refractivity contribution in [1.82, 2.24) is 0 Å². The summed E-state index contributed by atoms with van der Waals surface area (Å²) in [5, 5.41) is 13.8. The van der Waals surface area contributed by atoms with Gasteiger partial charge >= 0.3 is 0 Å². The van der Waals surface area contributed by atoms with Gasteiger partial charge in [0.1, 0.15) is 5.60 Å². The molecule has 152 valence electrons. The van der Waals surface area contributed by atoms with E-state index in [1.54, 1.807) is 11.3 Å². The number of hydrogen-bond donors (Lipinski definition) is 1. The van der Waals surface area contributed by atoms with Gasteiger partial charge < -0.3 is 5.11 Å². The fourth-order valence-electron chi connectivity index (χ4n) is 3.61. The predicted molar refractivity (Wildman–Crippen MR) is 132 cm³/mol. The van der Waals surface area contributed by atoms with Crippen LogP contribution in [0.15, 0.2) is 102 Å². The number of aliphatic hydroxyl groups is 1. The van der Waals surface area contributed by atoms with Gasteiger partial charge in [-0.25, -0.2) is 0 Å². The van der Waals surface area contributed by atoms with Crippen LogP contribution in [-0.2, 0) is 5.60 Å². The number of thiophene rings is 1. The molecule has 0 spiro atoms. The van der Waals surface area contributed by atoms with Crippen molar-refractivity contribution in [1.29, 1.82) is 0 Å². The first kappa shape index (κ1) is 20.9. The van der Waals surface area contributed by atoms with Crippen LogP contribution in [0.5, 0.6) is 0 Å². The molecule has 1 heterocycles. The van der Waals surface area contributed by atoms with E-state index in [1.807, 2.05) is 97.2 Å². The van der Waals surface area contributed by atoms with Crippen molar-refractivity contribution in [2.75, 3.05) is 0 Å². The highest BCUT2D eigenvalue weighted by molar-refractivity contribution is 7.10. The molecule has 0 saturated carbocycles.